The number of carbonyl (C=O) groups is 1. The molecule has 0 saturated carbocycles. The van der Waals surface area contributed by atoms with Crippen LogP contribution in [-0.2, 0) is 0 Å². The van der Waals surface area contributed by atoms with E-state index < -0.39 is 0 Å². The van der Waals surface area contributed by atoms with Gasteiger partial charge >= 0.3 is 0 Å². The van der Waals surface area contributed by atoms with Gasteiger partial charge in [0, 0.05) is 18.2 Å². The van der Waals surface area contributed by atoms with Gasteiger partial charge in [-0.25, -0.2) is 4.98 Å². The molecule has 1 aliphatic heterocycles. The van der Waals surface area contributed by atoms with E-state index in [0.717, 1.165) is 36.9 Å². The van der Waals surface area contributed by atoms with Crippen molar-refractivity contribution in [2.24, 2.45) is 0 Å². The molecule has 1 saturated heterocycles. The number of hydrogen-bond acceptors (Lipinski definition) is 5. The van der Waals surface area contributed by atoms with E-state index in [1.165, 1.54) is 0 Å². The van der Waals surface area contributed by atoms with E-state index in [1.54, 1.807) is 18.4 Å². The molecule has 0 radical (unpaired) electrons. The Hall–Kier alpha value is -3.41. The van der Waals surface area contributed by atoms with Crippen LogP contribution in [0.3, 0.4) is 0 Å². The normalized spacial score (nSPS) is 16.9. The number of likely N-dealkylation sites (tertiary alicyclic amines) is 1. The predicted molar refractivity (Wildman–Crippen MR) is 114 cm³/mol. The summed E-state index contributed by atoms with van der Waals surface area (Å²) >= 11 is 0. The molecule has 1 aliphatic rings. The molecule has 1 atom stereocenters. The van der Waals surface area contributed by atoms with Crippen LogP contribution in [0.1, 0.15) is 42.1 Å². The zero-order valence-electron chi connectivity index (χ0n) is 17.1. The highest BCUT2D eigenvalue weighted by molar-refractivity contribution is 6.10. The Balaban J connectivity index is 1.71. The third kappa shape index (κ3) is 3.18. The van der Waals surface area contributed by atoms with Crippen molar-refractivity contribution in [2.45, 2.75) is 39.2 Å². The second kappa shape index (κ2) is 7.44. The van der Waals surface area contributed by atoms with Gasteiger partial charge in [0.05, 0.1) is 17.2 Å². The Morgan fingerprint density at radius 1 is 1.17 bits per heavy atom. The van der Waals surface area contributed by atoms with Crippen molar-refractivity contribution >= 4 is 17.0 Å². The van der Waals surface area contributed by atoms with Crippen molar-refractivity contribution in [3.63, 3.8) is 0 Å². The van der Waals surface area contributed by atoms with Gasteiger partial charge in [0.25, 0.3) is 11.6 Å². The number of fused-ring (bicyclic) bond motifs is 1. The van der Waals surface area contributed by atoms with Crippen LogP contribution < -0.4 is 0 Å². The zero-order valence-corrected chi connectivity index (χ0v) is 17.1. The van der Waals surface area contributed by atoms with Crippen LogP contribution >= 0.6 is 0 Å². The van der Waals surface area contributed by atoms with Crippen molar-refractivity contribution in [3.05, 3.63) is 59.9 Å². The fourth-order valence-electron chi connectivity index (χ4n) is 4.13. The summed E-state index contributed by atoms with van der Waals surface area (Å²) in [6.45, 7) is 4.90. The molecule has 0 aliphatic carbocycles. The molecule has 4 heterocycles. The minimum Gasteiger partial charge on any atom is -0.463 e. The van der Waals surface area contributed by atoms with Crippen LogP contribution in [0.5, 0.6) is 0 Å². The summed E-state index contributed by atoms with van der Waals surface area (Å²) in [7, 11) is 0. The number of furan rings is 1. The number of pyridine rings is 1. The molecular weight excluding hydrogens is 378 g/mol. The average Bonchev–Trinajstić information content (AvgIpc) is 3.44. The number of hydrogen-bond donors (Lipinski definition) is 0. The quantitative estimate of drug-likeness (QED) is 0.455. The first-order valence-electron chi connectivity index (χ1n) is 10.3. The lowest BCUT2D eigenvalue weighted by Crippen LogP contribution is -2.42. The number of amides is 1. The van der Waals surface area contributed by atoms with Gasteiger partial charge < -0.3 is 13.8 Å². The first kappa shape index (κ1) is 18.6. The largest absolute Gasteiger partial charge is 0.463 e. The van der Waals surface area contributed by atoms with Crippen LogP contribution in [0.25, 0.3) is 33.8 Å². The third-order valence-electron chi connectivity index (χ3n) is 5.84. The van der Waals surface area contributed by atoms with Crippen molar-refractivity contribution in [1.29, 1.82) is 0 Å². The SMILES string of the molecule is Cc1ccc(-c2noc3nc(-c4ccco4)cc(C(=O)N4CCCC[C@@H]4C)c23)cc1. The van der Waals surface area contributed by atoms with Crippen LogP contribution in [-0.4, -0.2) is 33.5 Å². The number of nitrogens with zero attached hydrogens (tertiary/aromatic N) is 3. The van der Waals surface area contributed by atoms with Crippen LogP contribution in [0, 0.1) is 6.92 Å². The summed E-state index contributed by atoms with van der Waals surface area (Å²) in [5, 5.41) is 4.94. The fraction of sp³-hybridized carbons (Fsp3) is 0.292. The maximum Gasteiger partial charge on any atom is 0.259 e. The van der Waals surface area contributed by atoms with Gasteiger partial charge in [0.1, 0.15) is 11.4 Å². The van der Waals surface area contributed by atoms with Crippen LogP contribution in [0.15, 0.2) is 57.7 Å². The van der Waals surface area contributed by atoms with Gasteiger partial charge in [-0.1, -0.05) is 35.0 Å². The smallest absolute Gasteiger partial charge is 0.259 e. The molecule has 5 rings (SSSR count). The summed E-state index contributed by atoms with van der Waals surface area (Å²) in [6.07, 6.45) is 4.77. The number of carbonyl (C=O) groups excluding carboxylic acids is 1. The minimum absolute atomic E-state index is 0.0148. The highest BCUT2D eigenvalue weighted by Crippen LogP contribution is 2.34. The topological polar surface area (TPSA) is 72.4 Å². The number of aromatic nitrogens is 2. The Kier molecular flexibility index (Phi) is 4.62. The van der Waals surface area contributed by atoms with E-state index in [4.69, 9.17) is 8.94 Å². The highest BCUT2D eigenvalue weighted by atomic mass is 16.5. The van der Waals surface area contributed by atoms with Gasteiger partial charge in [-0.05, 0) is 51.3 Å². The molecule has 6 heteroatoms. The summed E-state index contributed by atoms with van der Waals surface area (Å²) in [5.74, 6) is 0.574. The van der Waals surface area contributed by atoms with Crippen molar-refractivity contribution in [1.82, 2.24) is 15.0 Å². The summed E-state index contributed by atoms with van der Waals surface area (Å²) in [5.41, 5.74) is 4.14. The molecule has 0 unspecified atom stereocenters. The molecule has 30 heavy (non-hydrogen) atoms. The second-order valence-corrected chi connectivity index (χ2v) is 7.95. The molecule has 1 fully saturated rings. The van der Waals surface area contributed by atoms with Gasteiger partial charge in [-0.15, -0.1) is 0 Å². The van der Waals surface area contributed by atoms with E-state index in [2.05, 4.69) is 17.1 Å². The van der Waals surface area contributed by atoms with Gasteiger partial charge in [0.15, 0.2) is 5.76 Å². The molecule has 1 aromatic carbocycles. The second-order valence-electron chi connectivity index (χ2n) is 7.95. The monoisotopic (exact) mass is 401 g/mol. The molecular formula is C24H23N3O3. The summed E-state index contributed by atoms with van der Waals surface area (Å²) in [6, 6.07) is 13.7. The standard InChI is InChI=1S/C24H23N3O3/c1-15-8-10-17(11-9-15)22-21-18(24(28)27-12-4-3-6-16(27)2)14-19(20-7-5-13-29-20)25-23(21)30-26-22/h5,7-11,13-14,16H,3-4,6,12H2,1-2H3/t16-/m0/s1. The summed E-state index contributed by atoms with van der Waals surface area (Å²) in [4.78, 5) is 20.2. The lowest BCUT2D eigenvalue weighted by Gasteiger charge is -2.33. The Morgan fingerprint density at radius 2 is 2.00 bits per heavy atom. The zero-order chi connectivity index (χ0) is 20.7. The highest BCUT2D eigenvalue weighted by Gasteiger charge is 2.29. The van der Waals surface area contributed by atoms with Crippen molar-refractivity contribution < 1.29 is 13.7 Å². The van der Waals surface area contributed by atoms with E-state index in [0.29, 0.717) is 33.8 Å². The molecule has 3 aromatic heterocycles. The fourth-order valence-corrected chi connectivity index (χ4v) is 4.13. The number of piperidine rings is 1. The molecule has 4 aromatic rings. The molecule has 0 bridgehead atoms. The van der Waals surface area contributed by atoms with E-state index >= 15 is 0 Å². The molecule has 1 amide bonds. The predicted octanol–water partition coefficient (Wildman–Crippen LogP) is 5.47. The Morgan fingerprint density at radius 3 is 2.73 bits per heavy atom. The molecule has 0 spiro atoms. The maximum atomic E-state index is 13.7. The molecule has 152 valence electrons. The Bertz CT molecular complexity index is 1190. The first-order valence-corrected chi connectivity index (χ1v) is 10.3. The van der Waals surface area contributed by atoms with E-state index in [9.17, 15) is 4.79 Å². The van der Waals surface area contributed by atoms with Crippen molar-refractivity contribution in [3.8, 4) is 22.7 Å². The number of rotatable bonds is 3. The van der Waals surface area contributed by atoms with Gasteiger partial charge in [-0.3, -0.25) is 4.79 Å². The van der Waals surface area contributed by atoms with Crippen molar-refractivity contribution in [2.75, 3.05) is 6.54 Å². The van der Waals surface area contributed by atoms with E-state index in [-0.39, 0.29) is 11.9 Å². The maximum absolute atomic E-state index is 13.7. The van der Waals surface area contributed by atoms with E-state index in [1.807, 2.05) is 42.2 Å². The third-order valence-corrected chi connectivity index (χ3v) is 5.84. The Labute approximate surface area is 174 Å². The van der Waals surface area contributed by atoms with Gasteiger partial charge in [0.2, 0.25) is 0 Å². The number of aryl methyl sites for hydroxylation is 1. The molecule has 0 N–H and O–H groups in total. The minimum atomic E-state index is -0.0148. The lowest BCUT2D eigenvalue weighted by atomic mass is 9.99. The van der Waals surface area contributed by atoms with Gasteiger partial charge in [-0.2, -0.15) is 0 Å². The molecule has 6 nitrogen and oxygen atoms in total. The summed E-state index contributed by atoms with van der Waals surface area (Å²) < 4.78 is 11.1. The lowest BCUT2D eigenvalue weighted by molar-refractivity contribution is 0.0637. The number of benzene rings is 1. The average molecular weight is 401 g/mol. The van der Waals surface area contributed by atoms with Crippen LogP contribution in [0.2, 0.25) is 0 Å². The van der Waals surface area contributed by atoms with Crippen LogP contribution in [0.4, 0.5) is 0 Å². The first-order chi connectivity index (χ1) is 14.6.